The van der Waals surface area contributed by atoms with E-state index in [1.54, 1.807) is 16.8 Å². The molecule has 0 aliphatic heterocycles. The van der Waals surface area contributed by atoms with Crippen LogP contribution in [0.15, 0.2) is 24.3 Å². The van der Waals surface area contributed by atoms with Gasteiger partial charge in [-0.2, -0.15) is 5.10 Å². The lowest BCUT2D eigenvalue weighted by atomic mass is 9.95. The number of nitrogens with one attached hydrogen (secondary N) is 1. The Morgan fingerprint density at radius 2 is 1.93 bits per heavy atom. The molecular formula is C21H26FN3O3. The van der Waals surface area contributed by atoms with Crippen LogP contribution in [0.1, 0.15) is 66.7 Å². The third-order valence-corrected chi connectivity index (χ3v) is 5.05. The van der Waals surface area contributed by atoms with E-state index < -0.39 is 5.97 Å². The average molecular weight is 387 g/mol. The van der Waals surface area contributed by atoms with Gasteiger partial charge in [-0.1, -0.05) is 18.9 Å². The highest BCUT2D eigenvalue weighted by atomic mass is 19.1. The summed E-state index contributed by atoms with van der Waals surface area (Å²) < 4.78 is 15.3. The molecule has 0 radical (unpaired) electrons. The van der Waals surface area contributed by atoms with Crippen molar-refractivity contribution in [1.82, 2.24) is 15.1 Å². The van der Waals surface area contributed by atoms with Gasteiger partial charge >= 0.3 is 5.97 Å². The summed E-state index contributed by atoms with van der Waals surface area (Å²) in [5.74, 6) is -1.29. The van der Waals surface area contributed by atoms with E-state index in [0.29, 0.717) is 24.3 Å². The van der Waals surface area contributed by atoms with Crippen LogP contribution in [0.25, 0.3) is 5.69 Å². The number of carbonyl (C=O) groups excluding carboxylic acids is 1. The van der Waals surface area contributed by atoms with E-state index in [9.17, 15) is 14.0 Å². The van der Waals surface area contributed by atoms with Crippen LogP contribution in [0, 0.1) is 5.82 Å². The van der Waals surface area contributed by atoms with Crippen LogP contribution in [0.3, 0.4) is 0 Å². The lowest BCUT2D eigenvalue weighted by Crippen LogP contribution is -2.26. The van der Waals surface area contributed by atoms with Crippen molar-refractivity contribution in [2.24, 2.45) is 0 Å². The molecule has 0 atom stereocenters. The summed E-state index contributed by atoms with van der Waals surface area (Å²) >= 11 is 0. The molecule has 6 nitrogen and oxygen atoms in total. The molecule has 0 fully saturated rings. The molecule has 0 bridgehead atoms. The molecule has 0 spiro atoms. The van der Waals surface area contributed by atoms with Crippen LogP contribution in [0.2, 0.25) is 0 Å². The number of hydrogen-bond donors (Lipinski definition) is 2. The molecule has 0 saturated carbocycles. The van der Waals surface area contributed by atoms with Gasteiger partial charge in [-0.3, -0.25) is 9.59 Å². The van der Waals surface area contributed by atoms with Gasteiger partial charge in [0.1, 0.15) is 5.82 Å². The fourth-order valence-corrected chi connectivity index (χ4v) is 3.64. The molecule has 3 rings (SSSR count). The molecule has 1 aromatic heterocycles. The summed E-state index contributed by atoms with van der Waals surface area (Å²) in [5, 5.41) is 16.1. The number of benzene rings is 1. The Hall–Kier alpha value is -2.70. The van der Waals surface area contributed by atoms with Crippen molar-refractivity contribution in [2.45, 2.75) is 57.8 Å². The molecular weight excluding hydrogens is 361 g/mol. The van der Waals surface area contributed by atoms with Crippen molar-refractivity contribution in [3.63, 3.8) is 0 Å². The Bertz CT molecular complexity index is 847. The first kappa shape index (κ1) is 20.0. The summed E-state index contributed by atoms with van der Waals surface area (Å²) in [5.41, 5.74) is 3.03. The molecule has 0 unspecified atom stereocenters. The summed E-state index contributed by atoms with van der Waals surface area (Å²) in [6.45, 7) is 0.535. The molecule has 1 amide bonds. The van der Waals surface area contributed by atoms with Crippen molar-refractivity contribution in [3.8, 4) is 5.69 Å². The minimum absolute atomic E-state index is 0.190. The normalized spacial score (nSPS) is 13.2. The van der Waals surface area contributed by atoms with E-state index in [0.717, 1.165) is 56.2 Å². The smallest absolute Gasteiger partial charge is 0.303 e. The third kappa shape index (κ3) is 4.97. The van der Waals surface area contributed by atoms with Gasteiger partial charge in [-0.15, -0.1) is 0 Å². The van der Waals surface area contributed by atoms with Crippen molar-refractivity contribution < 1.29 is 19.1 Å². The van der Waals surface area contributed by atoms with Crippen LogP contribution in [0.4, 0.5) is 4.39 Å². The maximum atomic E-state index is 13.6. The number of carboxylic acids is 1. The molecule has 1 aliphatic carbocycles. The third-order valence-electron chi connectivity index (χ3n) is 5.05. The van der Waals surface area contributed by atoms with Gasteiger partial charge in [0.2, 0.25) is 0 Å². The summed E-state index contributed by atoms with van der Waals surface area (Å²) in [6, 6.07) is 6.26. The van der Waals surface area contributed by atoms with Gasteiger partial charge in [0, 0.05) is 24.2 Å². The number of hydrogen-bond acceptors (Lipinski definition) is 3. The molecule has 2 N–H and O–H groups in total. The van der Waals surface area contributed by atoms with E-state index in [1.807, 2.05) is 0 Å². The van der Waals surface area contributed by atoms with E-state index in [2.05, 4.69) is 10.4 Å². The number of aromatic nitrogens is 2. The fraction of sp³-hybridized carbons (Fsp3) is 0.476. The second kappa shape index (κ2) is 9.48. The van der Waals surface area contributed by atoms with Crippen molar-refractivity contribution in [3.05, 3.63) is 47.0 Å². The number of halogens is 1. The Balaban J connectivity index is 1.63. The van der Waals surface area contributed by atoms with Gasteiger partial charge < -0.3 is 10.4 Å². The van der Waals surface area contributed by atoms with E-state index in [-0.39, 0.29) is 18.1 Å². The zero-order valence-electron chi connectivity index (χ0n) is 15.9. The highest BCUT2D eigenvalue weighted by Crippen LogP contribution is 2.27. The second-order valence-electron chi connectivity index (χ2n) is 7.19. The number of carboxylic acid groups (broad SMARTS) is 1. The highest BCUT2D eigenvalue weighted by Gasteiger charge is 2.25. The quantitative estimate of drug-likeness (QED) is 0.643. The second-order valence-corrected chi connectivity index (χ2v) is 7.19. The Labute approximate surface area is 163 Å². The SMILES string of the molecule is O=C(O)CCCCCCNC(=O)c1nn(-c2cccc(F)c2)c2c1CCCC2. The zero-order chi connectivity index (χ0) is 19.9. The van der Waals surface area contributed by atoms with Crippen LogP contribution in [-0.4, -0.2) is 33.3 Å². The molecule has 1 aromatic carbocycles. The van der Waals surface area contributed by atoms with Crippen LogP contribution < -0.4 is 5.32 Å². The van der Waals surface area contributed by atoms with Gasteiger partial charge in [-0.05, 0) is 56.7 Å². The first-order valence-electron chi connectivity index (χ1n) is 9.93. The number of nitrogens with zero attached hydrogens (tertiary/aromatic N) is 2. The van der Waals surface area contributed by atoms with Crippen LogP contribution >= 0.6 is 0 Å². The first-order valence-corrected chi connectivity index (χ1v) is 9.93. The average Bonchev–Trinajstić information content (AvgIpc) is 3.07. The monoisotopic (exact) mass is 387 g/mol. The molecule has 1 heterocycles. The van der Waals surface area contributed by atoms with Gasteiger partial charge in [-0.25, -0.2) is 9.07 Å². The Kier molecular flexibility index (Phi) is 6.79. The summed E-state index contributed by atoms with van der Waals surface area (Å²) in [4.78, 5) is 23.2. The Morgan fingerprint density at radius 3 is 2.71 bits per heavy atom. The number of amides is 1. The van der Waals surface area contributed by atoms with E-state index in [1.165, 1.54) is 12.1 Å². The maximum Gasteiger partial charge on any atom is 0.303 e. The largest absolute Gasteiger partial charge is 0.481 e. The predicted octanol–water partition coefficient (Wildman–Crippen LogP) is 3.66. The number of rotatable bonds is 9. The maximum absolute atomic E-state index is 13.6. The molecule has 28 heavy (non-hydrogen) atoms. The van der Waals surface area contributed by atoms with E-state index in [4.69, 9.17) is 5.11 Å². The summed E-state index contributed by atoms with van der Waals surface area (Å²) in [6.07, 6.45) is 7.06. The summed E-state index contributed by atoms with van der Waals surface area (Å²) in [7, 11) is 0. The number of aliphatic carboxylic acids is 1. The van der Waals surface area contributed by atoms with Gasteiger partial charge in [0.25, 0.3) is 5.91 Å². The lowest BCUT2D eigenvalue weighted by Gasteiger charge is -2.14. The minimum atomic E-state index is -0.771. The predicted molar refractivity (Wildman–Crippen MR) is 103 cm³/mol. The van der Waals surface area contributed by atoms with Crippen LogP contribution in [-0.2, 0) is 17.6 Å². The molecule has 1 aliphatic rings. The van der Waals surface area contributed by atoms with Crippen molar-refractivity contribution in [1.29, 1.82) is 0 Å². The molecule has 150 valence electrons. The minimum Gasteiger partial charge on any atom is -0.481 e. The zero-order valence-corrected chi connectivity index (χ0v) is 15.9. The van der Waals surface area contributed by atoms with Gasteiger partial charge in [0.15, 0.2) is 5.69 Å². The first-order chi connectivity index (χ1) is 13.6. The van der Waals surface area contributed by atoms with E-state index >= 15 is 0 Å². The molecule has 0 saturated heterocycles. The molecule has 2 aromatic rings. The van der Waals surface area contributed by atoms with Crippen molar-refractivity contribution >= 4 is 11.9 Å². The number of carbonyl (C=O) groups is 2. The van der Waals surface area contributed by atoms with Gasteiger partial charge in [0.05, 0.1) is 5.69 Å². The molecule has 7 heteroatoms. The Morgan fingerprint density at radius 1 is 1.14 bits per heavy atom. The number of unbranched alkanes of at least 4 members (excludes halogenated alkanes) is 3. The topological polar surface area (TPSA) is 84.2 Å². The fourth-order valence-electron chi connectivity index (χ4n) is 3.64. The highest BCUT2D eigenvalue weighted by molar-refractivity contribution is 5.94. The van der Waals surface area contributed by atoms with Crippen LogP contribution in [0.5, 0.6) is 0 Å². The standard InChI is InChI=1S/C21H26FN3O3/c22-15-8-7-9-16(14-15)25-18-11-5-4-10-17(18)20(24-25)21(28)23-13-6-2-1-3-12-19(26)27/h7-9,14H,1-6,10-13H2,(H,23,28)(H,26,27). The number of fused-ring (bicyclic) bond motifs is 1. The lowest BCUT2D eigenvalue weighted by molar-refractivity contribution is -0.137. The van der Waals surface area contributed by atoms with Crippen molar-refractivity contribution in [2.75, 3.05) is 6.54 Å².